The lowest BCUT2D eigenvalue weighted by atomic mass is 10.2. The predicted octanol–water partition coefficient (Wildman–Crippen LogP) is 3.48. The first-order valence-electron chi connectivity index (χ1n) is 5.00. The molecule has 15 heavy (non-hydrogen) atoms. The zero-order chi connectivity index (χ0) is 11.3. The van der Waals surface area contributed by atoms with E-state index < -0.39 is 8.32 Å². The molecular formula is C12H18O2Si. The monoisotopic (exact) mass is 222 g/mol. The number of hydrogen-bond acceptors (Lipinski definition) is 2. The maximum atomic E-state index is 5.69. The molecule has 0 saturated heterocycles. The van der Waals surface area contributed by atoms with Gasteiger partial charge >= 0.3 is 0 Å². The number of rotatable bonds is 4. The Balaban J connectivity index is 2.81. The van der Waals surface area contributed by atoms with Crippen LogP contribution in [0.1, 0.15) is 5.56 Å². The average Bonchev–Trinajstić information content (AvgIpc) is 2.19. The molecular weight excluding hydrogens is 204 g/mol. The molecule has 0 saturated carbocycles. The van der Waals surface area contributed by atoms with E-state index in [2.05, 4.69) is 19.6 Å². The Morgan fingerprint density at radius 3 is 2.20 bits per heavy atom. The summed E-state index contributed by atoms with van der Waals surface area (Å²) in [6.45, 7) is 6.42. The fourth-order valence-corrected chi connectivity index (χ4v) is 1.53. The summed E-state index contributed by atoms with van der Waals surface area (Å²) in [5.41, 5.74) is 1.04. The Morgan fingerprint density at radius 2 is 1.73 bits per heavy atom. The molecule has 0 heterocycles. The number of hydrogen-bond donors (Lipinski definition) is 0. The summed E-state index contributed by atoms with van der Waals surface area (Å²) in [6.07, 6.45) is 1.72. The lowest BCUT2D eigenvalue weighted by molar-refractivity contribution is 0.351. The SMILES string of the molecule is COC(=CO[Si](C)(C)C)c1ccccc1. The maximum Gasteiger partial charge on any atom is 0.241 e. The summed E-state index contributed by atoms with van der Waals surface area (Å²) in [6, 6.07) is 9.95. The van der Waals surface area contributed by atoms with E-state index in [1.165, 1.54) is 0 Å². The van der Waals surface area contributed by atoms with Crippen molar-refractivity contribution in [2.24, 2.45) is 0 Å². The molecule has 0 spiro atoms. The van der Waals surface area contributed by atoms with Crippen molar-refractivity contribution in [3.8, 4) is 0 Å². The lowest BCUT2D eigenvalue weighted by Crippen LogP contribution is -2.22. The zero-order valence-electron chi connectivity index (χ0n) is 9.78. The summed E-state index contributed by atoms with van der Waals surface area (Å²) in [7, 11) is 0.134. The van der Waals surface area contributed by atoms with Gasteiger partial charge in [0.05, 0.1) is 7.11 Å². The highest BCUT2D eigenvalue weighted by atomic mass is 28.4. The first-order chi connectivity index (χ1) is 7.03. The molecule has 0 N–H and O–H groups in total. The van der Waals surface area contributed by atoms with Gasteiger partial charge in [0, 0.05) is 5.56 Å². The summed E-state index contributed by atoms with van der Waals surface area (Å²) >= 11 is 0. The van der Waals surface area contributed by atoms with E-state index in [4.69, 9.17) is 9.16 Å². The highest BCUT2D eigenvalue weighted by Gasteiger charge is 2.14. The van der Waals surface area contributed by atoms with Crippen molar-refractivity contribution in [1.82, 2.24) is 0 Å². The Kier molecular flexibility index (Phi) is 3.97. The van der Waals surface area contributed by atoms with Crippen molar-refractivity contribution < 1.29 is 9.16 Å². The Labute approximate surface area is 92.7 Å². The molecule has 0 aliphatic rings. The van der Waals surface area contributed by atoms with Crippen molar-refractivity contribution in [2.45, 2.75) is 19.6 Å². The molecule has 0 aliphatic carbocycles. The van der Waals surface area contributed by atoms with Crippen LogP contribution in [-0.2, 0) is 9.16 Å². The van der Waals surface area contributed by atoms with Crippen LogP contribution in [0.4, 0.5) is 0 Å². The van der Waals surface area contributed by atoms with Gasteiger partial charge in [-0.2, -0.15) is 0 Å². The van der Waals surface area contributed by atoms with E-state index >= 15 is 0 Å². The van der Waals surface area contributed by atoms with Crippen molar-refractivity contribution in [3.05, 3.63) is 42.2 Å². The first kappa shape index (κ1) is 11.8. The van der Waals surface area contributed by atoms with Gasteiger partial charge < -0.3 is 9.16 Å². The quantitative estimate of drug-likeness (QED) is 0.573. The van der Waals surface area contributed by atoms with Crippen molar-refractivity contribution in [1.29, 1.82) is 0 Å². The lowest BCUT2D eigenvalue weighted by Gasteiger charge is -2.16. The van der Waals surface area contributed by atoms with Gasteiger partial charge in [-0.15, -0.1) is 0 Å². The van der Waals surface area contributed by atoms with E-state index in [0.717, 1.165) is 11.3 Å². The minimum atomic E-state index is -1.53. The molecule has 0 atom stereocenters. The summed E-state index contributed by atoms with van der Waals surface area (Å²) in [5.74, 6) is 0.776. The number of benzene rings is 1. The van der Waals surface area contributed by atoms with E-state index in [0.29, 0.717) is 0 Å². The van der Waals surface area contributed by atoms with Gasteiger partial charge in [0.1, 0.15) is 6.26 Å². The average molecular weight is 222 g/mol. The second-order valence-electron chi connectivity index (χ2n) is 4.28. The first-order valence-corrected chi connectivity index (χ1v) is 8.41. The zero-order valence-corrected chi connectivity index (χ0v) is 10.8. The molecule has 1 rings (SSSR count). The summed E-state index contributed by atoms with van der Waals surface area (Å²) in [4.78, 5) is 0. The molecule has 0 radical (unpaired) electrons. The van der Waals surface area contributed by atoms with Gasteiger partial charge in [-0.1, -0.05) is 30.3 Å². The van der Waals surface area contributed by atoms with E-state index in [1.807, 2.05) is 30.3 Å². The van der Waals surface area contributed by atoms with E-state index in [-0.39, 0.29) is 0 Å². The summed E-state index contributed by atoms with van der Waals surface area (Å²) < 4.78 is 11.0. The molecule has 0 fully saturated rings. The molecule has 0 aromatic heterocycles. The molecule has 82 valence electrons. The van der Waals surface area contributed by atoms with Gasteiger partial charge in [-0.25, -0.2) is 0 Å². The molecule has 0 unspecified atom stereocenters. The molecule has 3 heteroatoms. The molecule has 0 amide bonds. The Morgan fingerprint density at radius 1 is 1.13 bits per heavy atom. The Bertz CT molecular complexity index is 325. The van der Waals surface area contributed by atoms with Crippen molar-refractivity contribution >= 4 is 14.1 Å². The molecule has 1 aromatic rings. The third-order valence-corrected chi connectivity index (χ3v) is 2.62. The number of methoxy groups -OCH3 is 1. The molecule has 0 bridgehead atoms. The van der Waals surface area contributed by atoms with Crippen LogP contribution in [-0.4, -0.2) is 15.4 Å². The maximum absolute atomic E-state index is 5.69. The van der Waals surface area contributed by atoms with Crippen LogP contribution in [0, 0.1) is 0 Å². The van der Waals surface area contributed by atoms with Gasteiger partial charge in [-0.3, -0.25) is 0 Å². The third-order valence-electron chi connectivity index (χ3n) is 1.80. The fourth-order valence-electron chi connectivity index (χ4n) is 1.07. The normalized spacial score (nSPS) is 12.4. The topological polar surface area (TPSA) is 18.5 Å². The van der Waals surface area contributed by atoms with Crippen molar-refractivity contribution in [2.75, 3.05) is 7.11 Å². The van der Waals surface area contributed by atoms with Gasteiger partial charge in [-0.05, 0) is 19.6 Å². The smallest absolute Gasteiger partial charge is 0.241 e. The van der Waals surface area contributed by atoms with Crippen LogP contribution in [0.15, 0.2) is 36.6 Å². The van der Waals surface area contributed by atoms with E-state index in [9.17, 15) is 0 Å². The van der Waals surface area contributed by atoms with Crippen molar-refractivity contribution in [3.63, 3.8) is 0 Å². The molecule has 2 nitrogen and oxygen atoms in total. The van der Waals surface area contributed by atoms with Gasteiger partial charge in [0.2, 0.25) is 8.32 Å². The largest absolute Gasteiger partial charge is 0.547 e. The van der Waals surface area contributed by atoms with Gasteiger partial charge in [0.15, 0.2) is 5.76 Å². The molecule has 0 aliphatic heterocycles. The predicted molar refractivity (Wildman–Crippen MR) is 65.9 cm³/mol. The third kappa shape index (κ3) is 4.21. The minimum absolute atomic E-state index is 0.776. The van der Waals surface area contributed by atoms with E-state index in [1.54, 1.807) is 13.4 Å². The van der Waals surface area contributed by atoms with Gasteiger partial charge in [0.25, 0.3) is 0 Å². The minimum Gasteiger partial charge on any atom is -0.547 e. The van der Waals surface area contributed by atoms with Crippen LogP contribution in [0.2, 0.25) is 19.6 Å². The van der Waals surface area contributed by atoms with Crippen LogP contribution < -0.4 is 0 Å². The Hall–Kier alpha value is -1.22. The highest BCUT2D eigenvalue weighted by Crippen LogP contribution is 2.16. The van der Waals surface area contributed by atoms with Crippen LogP contribution in [0.3, 0.4) is 0 Å². The second-order valence-corrected chi connectivity index (χ2v) is 8.74. The second kappa shape index (κ2) is 5.03. The molecule has 1 aromatic carbocycles. The highest BCUT2D eigenvalue weighted by molar-refractivity contribution is 6.69. The summed E-state index contributed by atoms with van der Waals surface area (Å²) in [5, 5.41) is 0. The number of ether oxygens (including phenoxy) is 1. The van der Waals surface area contributed by atoms with Crippen LogP contribution in [0.25, 0.3) is 5.76 Å². The standard InChI is InChI=1S/C12H18O2Si/c1-13-12(10-14-15(2,3)4)11-8-6-5-7-9-11/h5-10H,1-4H3. The van der Waals surface area contributed by atoms with Crippen LogP contribution in [0.5, 0.6) is 0 Å². The van der Waals surface area contributed by atoms with Crippen LogP contribution >= 0.6 is 0 Å². The fraction of sp³-hybridized carbons (Fsp3) is 0.333.